The number of rotatable bonds is 4. The molecule has 2 amide bonds. The summed E-state index contributed by atoms with van der Waals surface area (Å²) in [5, 5.41) is 2.14. The van der Waals surface area contributed by atoms with Crippen molar-refractivity contribution in [3.63, 3.8) is 0 Å². The maximum Gasteiger partial charge on any atom is 0.253 e. The van der Waals surface area contributed by atoms with Crippen molar-refractivity contribution in [1.29, 1.82) is 0 Å². The Morgan fingerprint density at radius 2 is 1.73 bits per heavy atom. The molecular weight excluding hydrogens is 378 g/mol. The molecule has 0 aromatic heterocycles. The Morgan fingerprint density at radius 1 is 1.08 bits per heavy atom. The highest BCUT2D eigenvalue weighted by atomic mass is 35.5. The van der Waals surface area contributed by atoms with Crippen molar-refractivity contribution in [2.75, 3.05) is 44.2 Å². The maximum atomic E-state index is 12.4. The average molecular weight is 400 g/mol. The third-order valence-corrected chi connectivity index (χ3v) is 7.05. The summed E-state index contributed by atoms with van der Waals surface area (Å²) < 4.78 is 23.1. The fourth-order valence-electron chi connectivity index (χ4n) is 3.26. The Labute approximate surface area is 158 Å². The molecule has 7 nitrogen and oxygen atoms in total. The van der Waals surface area contributed by atoms with Crippen molar-refractivity contribution in [2.45, 2.75) is 11.4 Å². The fourth-order valence-corrected chi connectivity index (χ4v) is 5.81. The van der Waals surface area contributed by atoms with E-state index in [1.807, 2.05) is 23.1 Å². The summed E-state index contributed by atoms with van der Waals surface area (Å²) in [4.78, 5) is 28.3. The summed E-state index contributed by atoms with van der Waals surface area (Å²) in [6.45, 7) is 2.47. The standard InChI is InChI=1S/C17H22ClN3O4S/c18-14-11-26(24,25)12-15(14)19-16(22)10-20-6-8-21(9-7-20)17(23)13-4-2-1-3-5-13/h1-5,14-15H,6-12H2,(H,19,22)/t14-,15+/m0/s1. The second kappa shape index (κ2) is 7.94. The van der Waals surface area contributed by atoms with Gasteiger partial charge in [-0.2, -0.15) is 0 Å². The molecule has 2 aliphatic heterocycles. The summed E-state index contributed by atoms with van der Waals surface area (Å²) >= 11 is 6.01. The Balaban J connectivity index is 1.45. The third kappa shape index (κ3) is 4.75. The van der Waals surface area contributed by atoms with Crippen molar-refractivity contribution in [2.24, 2.45) is 0 Å². The van der Waals surface area contributed by atoms with E-state index in [0.717, 1.165) is 0 Å². The molecule has 2 atom stereocenters. The second-order valence-corrected chi connectivity index (χ2v) is 9.42. The molecule has 2 saturated heterocycles. The van der Waals surface area contributed by atoms with E-state index in [0.29, 0.717) is 31.7 Å². The first-order chi connectivity index (χ1) is 12.3. The Hall–Kier alpha value is -1.64. The molecule has 9 heteroatoms. The van der Waals surface area contributed by atoms with Crippen LogP contribution in [0.4, 0.5) is 0 Å². The number of piperazine rings is 1. The number of sulfone groups is 1. The number of carbonyl (C=O) groups is 2. The first-order valence-electron chi connectivity index (χ1n) is 8.54. The van der Waals surface area contributed by atoms with Crippen LogP contribution in [-0.4, -0.2) is 85.7 Å². The number of nitrogens with zero attached hydrogens (tertiary/aromatic N) is 2. The highest BCUT2D eigenvalue weighted by molar-refractivity contribution is 7.91. The smallest absolute Gasteiger partial charge is 0.253 e. The van der Waals surface area contributed by atoms with Crippen LogP contribution in [0.25, 0.3) is 0 Å². The SMILES string of the molecule is O=C(CN1CCN(C(=O)c2ccccc2)CC1)N[C@@H]1CS(=O)(=O)C[C@@H]1Cl. The highest BCUT2D eigenvalue weighted by Gasteiger charge is 2.37. The third-order valence-electron chi connectivity index (χ3n) is 4.68. The first kappa shape index (κ1) is 19.1. The second-order valence-electron chi connectivity index (χ2n) is 6.70. The molecule has 2 heterocycles. The van der Waals surface area contributed by atoms with Crippen molar-refractivity contribution < 1.29 is 18.0 Å². The largest absolute Gasteiger partial charge is 0.350 e. The summed E-state index contributed by atoms with van der Waals surface area (Å²) in [7, 11) is -3.17. The first-order valence-corrected chi connectivity index (χ1v) is 10.8. The van der Waals surface area contributed by atoms with Crippen LogP contribution in [0.15, 0.2) is 30.3 Å². The van der Waals surface area contributed by atoms with Gasteiger partial charge in [0.05, 0.1) is 29.5 Å². The maximum absolute atomic E-state index is 12.4. The van der Waals surface area contributed by atoms with E-state index in [2.05, 4.69) is 5.32 Å². The number of hydrogen-bond donors (Lipinski definition) is 1. The Bertz CT molecular complexity index is 763. The van der Waals surface area contributed by atoms with Gasteiger partial charge in [-0.25, -0.2) is 8.42 Å². The number of halogens is 1. The topological polar surface area (TPSA) is 86.8 Å². The van der Waals surface area contributed by atoms with E-state index in [1.165, 1.54) is 0 Å². The van der Waals surface area contributed by atoms with Crippen molar-refractivity contribution >= 4 is 33.3 Å². The predicted molar refractivity (Wildman–Crippen MR) is 99.0 cm³/mol. The van der Waals surface area contributed by atoms with Gasteiger partial charge in [0.2, 0.25) is 5.91 Å². The number of alkyl halides is 1. The molecule has 0 spiro atoms. The number of hydrogen-bond acceptors (Lipinski definition) is 5. The van der Waals surface area contributed by atoms with Gasteiger partial charge in [0, 0.05) is 31.7 Å². The van der Waals surface area contributed by atoms with Gasteiger partial charge < -0.3 is 10.2 Å². The molecule has 0 saturated carbocycles. The predicted octanol–water partition coefficient (Wildman–Crippen LogP) is -0.0350. The lowest BCUT2D eigenvalue weighted by molar-refractivity contribution is -0.123. The molecule has 2 aliphatic rings. The lowest BCUT2D eigenvalue weighted by Crippen LogP contribution is -2.52. The minimum Gasteiger partial charge on any atom is -0.350 e. The van der Waals surface area contributed by atoms with Crippen LogP contribution in [0, 0.1) is 0 Å². The summed E-state index contributed by atoms with van der Waals surface area (Å²) in [6.07, 6.45) is 0. The molecular formula is C17H22ClN3O4S. The van der Waals surface area contributed by atoms with Crippen LogP contribution in [0.3, 0.4) is 0 Å². The van der Waals surface area contributed by atoms with Gasteiger partial charge in [-0.3, -0.25) is 14.5 Å². The van der Waals surface area contributed by atoms with Crippen LogP contribution < -0.4 is 5.32 Å². The Kier molecular flexibility index (Phi) is 5.84. The number of amides is 2. The van der Waals surface area contributed by atoms with Crippen LogP contribution in [0.5, 0.6) is 0 Å². The zero-order chi connectivity index (χ0) is 18.7. The molecule has 0 radical (unpaired) electrons. The molecule has 1 aromatic rings. The van der Waals surface area contributed by atoms with E-state index >= 15 is 0 Å². The van der Waals surface area contributed by atoms with Gasteiger partial charge >= 0.3 is 0 Å². The van der Waals surface area contributed by atoms with Crippen LogP contribution >= 0.6 is 11.6 Å². The van der Waals surface area contributed by atoms with Crippen LogP contribution in [0.1, 0.15) is 10.4 Å². The van der Waals surface area contributed by atoms with E-state index in [-0.39, 0.29) is 29.9 Å². The van der Waals surface area contributed by atoms with Gasteiger partial charge in [-0.1, -0.05) is 18.2 Å². The zero-order valence-corrected chi connectivity index (χ0v) is 15.9. The van der Waals surface area contributed by atoms with Gasteiger partial charge in [0.15, 0.2) is 9.84 Å². The summed E-state index contributed by atoms with van der Waals surface area (Å²) in [5.74, 6) is -0.442. The quantitative estimate of drug-likeness (QED) is 0.718. The number of benzene rings is 1. The summed E-state index contributed by atoms with van der Waals surface area (Å²) in [6, 6.07) is 8.59. The molecule has 142 valence electrons. The molecule has 0 aliphatic carbocycles. The highest BCUT2D eigenvalue weighted by Crippen LogP contribution is 2.18. The molecule has 1 aromatic carbocycles. The van der Waals surface area contributed by atoms with E-state index in [1.54, 1.807) is 17.0 Å². The van der Waals surface area contributed by atoms with E-state index < -0.39 is 21.3 Å². The minimum absolute atomic E-state index is 0.00385. The van der Waals surface area contributed by atoms with Gasteiger partial charge in [-0.05, 0) is 12.1 Å². The van der Waals surface area contributed by atoms with E-state index in [4.69, 9.17) is 11.6 Å². The molecule has 26 heavy (non-hydrogen) atoms. The van der Waals surface area contributed by atoms with Gasteiger partial charge in [-0.15, -0.1) is 11.6 Å². The van der Waals surface area contributed by atoms with Crippen LogP contribution in [-0.2, 0) is 14.6 Å². The lowest BCUT2D eigenvalue weighted by atomic mass is 10.2. The van der Waals surface area contributed by atoms with Gasteiger partial charge in [0.25, 0.3) is 5.91 Å². The zero-order valence-electron chi connectivity index (χ0n) is 14.3. The van der Waals surface area contributed by atoms with Gasteiger partial charge in [0.1, 0.15) is 0 Å². The number of carbonyl (C=O) groups excluding carboxylic acids is 2. The summed E-state index contributed by atoms with van der Waals surface area (Å²) in [5.41, 5.74) is 0.661. The normalized spacial score (nSPS) is 25.8. The fraction of sp³-hybridized carbons (Fsp3) is 0.529. The molecule has 0 unspecified atom stereocenters. The molecule has 1 N–H and O–H groups in total. The minimum atomic E-state index is -3.17. The molecule has 3 rings (SSSR count). The number of nitrogens with one attached hydrogen (secondary N) is 1. The van der Waals surface area contributed by atoms with Crippen molar-refractivity contribution in [3.05, 3.63) is 35.9 Å². The lowest BCUT2D eigenvalue weighted by Gasteiger charge is -2.34. The van der Waals surface area contributed by atoms with Crippen molar-refractivity contribution in [3.8, 4) is 0 Å². The molecule has 0 bridgehead atoms. The Morgan fingerprint density at radius 3 is 2.31 bits per heavy atom. The molecule has 2 fully saturated rings. The average Bonchev–Trinajstić information content (AvgIpc) is 2.87. The van der Waals surface area contributed by atoms with E-state index in [9.17, 15) is 18.0 Å². The van der Waals surface area contributed by atoms with Crippen LogP contribution in [0.2, 0.25) is 0 Å². The van der Waals surface area contributed by atoms with Crippen molar-refractivity contribution in [1.82, 2.24) is 15.1 Å². The monoisotopic (exact) mass is 399 g/mol.